The molecule has 0 bridgehead atoms. The molecule has 27 heavy (non-hydrogen) atoms. The molecule has 2 N–H and O–H groups in total. The van der Waals surface area contributed by atoms with E-state index in [9.17, 15) is 14.7 Å². The Kier molecular flexibility index (Phi) is 5.42. The first kappa shape index (κ1) is 18.9. The molecule has 0 radical (unpaired) electrons. The number of carbonyl (C=O) groups is 1. The van der Waals surface area contributed by atoms with Crippen molar-refractivity contribution in [3.63, 3.8) is 0 Å². The molecule has 0 aliphatic heterocycles. The number of pyridine rings is 1. The number of aromatic amines is 1. The second-order valence-corrected chi connectivity index (χ2v) is 6.93. The van der Waals surface area contributed by atoms with Crippen LogP contribution < -0.4 is 5.56 Å². The Balaban J connectivity index is 1.98. The van der Waals surface area contributed by atoms with Crippen molar-refractivity contribution in [2.45, 2.75) is 27.3 Å². The van der Waals surface area contributed by atoms with Crippen LogP contribution in [0.15, 0.2) is 47.3 Å². The van der Waals surface area contributed by atoms with Crippen molar-refractivity contribution >= 4 is 16.8 Å². The predicted molar refractivity (Wildman–Crippen MR) is 107 cm³/mol. The van der Waals surface area contributed by atoms with E-state index in [1.54, 1.807) is 12.1 Å². The highest BCUT2D eigenvalue weighted by atomic mass is 16.3. The fraction of sp³-hybridized carbons (Fsp3) is 0.273. The van der Waals surface area contributed by atoms with Gasteiger partial charge in [0.25, 0.3) is 11.5 Å². The van der Waals surface area contributed by atoms with Crippen molar-refractivity contribution in [1.82, 2.24) is 9.88 Å². The van der Waals surface area contributed by atoms with Gasteiger partial charge in [-0.05, 0) is 50.1 Å². The van der Waals surface area contributed by atoms with Crippen LogP contribution in [0.2, 0.25) is 0 Å². The average Bonchev–Trinajstić information content (AvgIpc) is 2.65. The summed E-state index contributed by atoms with van der Waals surface area (Å²) in [5, 5.41) is 10.4. The van der Waals surface area contributed by atoms with Crippen LogP contribution in [0, 0.1) is 20.8 Å². The number of nitrogens with one attached hydrogen (secondary N) is 1. The van der Waals surface area contributed by atoms with E-state index in [0.29, 0.717) is 11.1 Å². The maximum atomic E-state index is 12.8. The standard InChI is InChI=1S/C22H24N2O3/c1-14-4-8-17(9-5-14)22(27)24(10-11-25)13-18-12-19-15(2)6-7-16(3)20(19)23-21(18)26/h4-9,12,25H,10-11,13H2,1-3H3,(H,23,26). The Morgan fingerprint density at radius 3 is 2.37 bits per heavy atom. The summed E-state index contributed by atoms with van der Waals surface area (Å²) in [6.07, 6.45) is 0. The normalized spacial score (nSPS) is 11.0. The largest absolute Gasteiger partial charge is 0.395 e. The predicted octanol–water partition coefficient (Wildman–Crippen LogP) is 3.09. The average molecular weight is 364 g/mol. The summed E-state index contributed by atoms with van der Waals surface area (Å²) in [5.41, 5.74) is 4.78. The fourth-order valence-electron chi connectivity index (χ4n) is 3.19. The van der Waals surface area contributed by atoms with Crippen LogP contribution >= 0.6 is 0 Å². The van der Waals surface area contributed by atoms with Crippen LogP contribution in [0.1, 0.15) is 32.6 Å². The number of aromatic nitrogens is 1. The van der Waals surface area contributed by atoms with Gasteiger partial charge in [0.15, 0.2) is 0 Å². The minimum absolute atomic E-state index is 0.145. The fourth-order valence-corrected chi connectivity index (χ4v) is 3.19. The molecule has 0 saturated heterocycles. The van der Waals surface area contributed by atoms with Crippen LogP contribution in [0.3, 0.4) is 0 Å². The highest BCUT2D eigenvalue weighted by Crippen LogP contribution is 2.20. The van der Waals surface area contributed by atoms with E-state index in [4.69, 9.17) is 0 Å². The van der Waals surface area contributed by atoms with Gasteiger partial charge in [0, 0.05) is 23.1 Å². The van der Waals surface area contributed by atoms with Crippen molar-refractivity contribution in [3.8, 4) is 0 Å². The summed E-state index contributed by atoms with van der Waals surface area (Å²) in [5.74, 6) is -0.204. The summed E-state index contributed by atoms with van der Waals surface area (Å²) in [4.78, 5) is 29.9. The van der Waals surface area contributed by atoms with Gasteiger partial charge in [0.1, 0.15) is 0 Å². The molecule has 0 saturated carbocycles. The summed E-state index contributed by atoms with van der Waals surface area (Å²) < 4.78 is 0. The molecule has 3 rings (SSSR count). The minimum atomic E-state index is -0.212. The Hall–Kier alpha value is -2.92. The molecular weight excluding hydrogens is 340 g/mol. The number of amides is 1. The second-order valence-electron chi connectivity index (χ2n) is 6.93. The number of hydrogen-bond acceptors (Lipinski definition) is 3. The van der Waals surface area contributed by atoms with Gasteiger partial charge < -0.3 is 15.0 Å². The topological polar surface area (TPSA) is 73.4 Å². The molecule has 0 aliphatic rings. The second kappa shape index (κ2) is 7.76. The molecule has 3 aromatic rings. The highest BCUT2D eigenvalue weighted by Gasteiger charge is 2.18. The number of aliphatic hydroxyl groups is 1. The number of hydrogen-bond donors (Lipinski definition) is 2. The summed E-state index contributed by atoms with van der Waals surface area (Å²) in [6, 6.07) is 13.1. The Morgan fingerprint density at radius 1 is 1.04 bits per heavy atom. The summed E-state index contributed by atoms with van der Waals surface area (Å²) >= 11 is 0. The number of benzene rings is 2. The number of H-pyrrole nitrogens is 1. The van der Waals surface area contributed by atoms with Crippen molar-refractivity contribution in [2.75, 3.05) is 13.2 Å². The third-order valence-corrected chi connectivity index (χ3v) is 4.84. The van der Waals surface area contributed by atoms with E-state index in [-0.39, 0.29) is 31.2 Å². The van der Waals surface area contributed by atoms with Gasteiger partial charge in [0.2, 0.25) is 0 Å². The molecule has 0 spiro atoms. The number of rotatable bonds is 5. The molecular formula is C22H24N2O3. The zero-order valence-corrected chi connectivity index (χ0v) is 15.9. The molecule has 1 heterocycles. The van der Waals surface area contributed by atoms with Gasteiger partial charge in [-0.25, -0.2) is 0 Å². The number of fused-ring (bicyclic) bond motifs is 1. The van der Waals surface area contributed by atoms with Crippen molar-refractivity contribution < 1.29 is 9.90 Å². The maximum absolute atomic E-state index is 12.8. The van der Waals surface area contributed by atoms with E-state index >= 15 is 0 Å². The first-order chi connectivity index (χ1) is 12.9. The van der Waals surface area contributed by atoms with Crippen LogP contribution in [0.5, 0.6) is 0 Å². The first-order valence-electron chi connectivity index (χ1n) is 8.99. The molecule has 0 atom stereocenters. The quantitative estimate of drug-likeness (QED) is 0.731. The third-order valence-electron chi connectivity index (χ3n) is 4.84. The number of aryl methyl sites for hydroxylation is 3. The molecule has 1 aromatic heterocycles. The smallest absolute Gasteiger partial charge is 0.254 e. The van der Waals surface area contributed by atoms with E-state index in [0.717, 1.165) is 27.6 Å². The molecule has 2 aromatic carbocycles. The van der Waals surface area contributed by atoms with Crippen molar-refractivity contribution in [1.29, 1.82) is 0 Å². The zero-order valence-electron chi connectivity index (χ0n) is 15.9. The molecule has 140 valence electrons. The van der Waals surface area contributed by atoms with Gasteiger partial charge in [-0.2, -0.15) is 0 Å². The summed E-state index contributed by atoms with van der Waals surface area (Å²) in [7, 11) is 0. The van der Waals surface area contributed by atoms with E-state index in [1.807, 2.05) is 51.1 Å². The Bertz CT molecular complexity index is 1040. The maximum Gasteiger partial charge on any atom is 0.254 e. The van der Waals surface area contributed by atoms with Crippen molar-refractivity contribution in [3.05, 3.63) is 80.6 Å². The minimum Gasteiger partial charge on any atom is -0.395 e. The van der Waals surface area contributed by atoms with E-state index in [1.165, 1.54) is 4.90 Å². The van der Waals surface area contributed by atoms with Crippen molar-refractivity contribution in [2.24, 2.45) is 0 Å². The van der Waals surface area contributed by atoms with E-state index in [2.05, 4.69) is 4.98 Å². The number of nitrogens with zero attached hydrogens (tertiary/aromatic N) is 1. The first-order valence-corrected chi connectivity index (χ1v) is 8.99. The summed E-state index contributed by atoms with van der Waals surface area (Å²) in [6.45, 7) is 6.05. The lowest BCUT2D eigenvalue weighted by atomic mass is 10.0. The SMILES string of the molecule is Cc1ccc(C(=O)N(CCO)Cc2cc3c(C)ccc(C)c3[nH]c2=O)cc1. The van der Waals surface area contributed by atoms with Gasteiger partial charge >= 0.3 is 0 Å². The molecule has 5 nitrogen and oxygen atoms in total. The van der Waals surface area contributed by atoms with Crippen LogP contribution in [0.25, 0.3) is 10.9 Å². The highest BCUT2D eigenvalue weighted by molar-refractivity contribution is 5.94. The lowest BCUT2D eigenvalue weighted by Gasteiger charge is -2.22. The lowest BCUT2D eigenvalue weighted by Crippen LogP contribution is -2.35. The number of carbonyl (C=O) groups excluding carboxylic acids is 1. The molecule has 0 aliphatic carbocycles. The third kappa shape index (κ3) is 3.93. The molecule has 0 unspecified atom stereocenters. The number of aliphatic hydroxyl groups excluding tert-OH is 1. The van der Waals surface area contributed by atoms with Crippen LogP contribution in [-0.4, -0.2) is 34.0 Å². The molecule has 1 amide bonds. The molecule has 5 heteroatoms. The van der Waals surface area contributed by atoms with Gasteiger partial charge in [0.05, 0.1) is 18.7 Å². The lowest BCUT2D eigenvalue weighted by molar-refractivity contribution is 0.0707. The Labute approximate surface area is 158 Å². The van der Waals surface area contributed by atoms with Gasteiger partial charge in [-0.3, -0.25) is 9.59 Å². The van der Waals surface area contributed by atoms with Gasteiger partial charge in [-0.15, -0.1) is 0 Å². The van der Waals surface area contributed by atoms with Crippen LogP contribution in [0.4, 0.5) is 0 Å². The monoisotopic (exact) mass is 364 g/mol. The Morgan fingerprint density at radius 2 is 1.70 bits per heavy atom. The van der Waals surface area contributed by atoms with Crippen LogP contribution in [-0.2, 0) is 6.54 Å². The van der Waals surface area contributed by atoms with E-state index < -0.39 is 0 Å². The van der Waals surface area contributed by atoms with Gasteiger partial charge in [-0.1, -0.05) is 29.8 Å². The molecule has 0 fully saturated rings. The zero-order chi connectivity index (χ0) is 19.6.